The molecule has 0 fully saturated rings. The number of rotatable bonds is 5. The molecule has 20 heavy (non-hydrogen) atoms. The van der Waals surface area contributed by atoms with Crippen molar-refractivity contribution in [3.8, 4) is 0 Å². The lowest BCUT2D eigenvalue weighted by Crippen LogP contribution is -2.37. The van der Waals surface area contributed by atoms with Crippen molar-refractivity contribution < 1.29 is 9.72 Å². The smallest absolute Gasteiger partial charge is 0.283 e. The zero-order chi connectivity index (χ0) is 15.3. The predicted octanol–water partition coefficient (Wildman–Crippen LogP) is 3.07. The van der Waals surface area contributed by atoms with E-state index in [-0.39, 0.29) is 17.1 Å². The number of nitro groups is 1. The lowest BCUT2D eigenvalue weighted by atomic mass is 10.1. The fourth-order valence-corrected chi connectivity index (χ4v) is 2.03. The number of nitrogens with zero attached hydrogens (tertiary/aromatic N) is 1. The lowest BCUT2D eigenvalue weighted by molar-refractivity contribution is -0.385. The normalized spacial score (nSPS) is 11.2. The zero-order valence-electron chi connectivity index (χ0n) is 11.7. The molecule has 0 saturated carbocycles. The van der Waals surface area contributed by atoms with Crippen LogP contribution in [-0.4, -0.2) is 22.9 Å². The molecule has 0 spiro atoms. The molecule has 1 aromatic carbocycles. The van der Waals surface area contributed by atoms with E-state index in [1.54, 1.807) is 0 Å². The highest BCUT2D eigenvalue weighted by molar-refractivity contribution is 9.10. The van der Waals surface area contributed by atoms with Crippen LogP contribution in [0.15, 0.2) is 22.7 Å². The minimum atomic E-state index is -0.483. The molecule has 0 radical (unpaired) electrons. The fraction of sp³-hybridized carbons (Fsp3) is 0.462. The van der Waals surface area contributed by atoms with Gasteiger partial charge in [0, 0.05) is 30.3 Å². The third kappa shape index (κ3) is 5.66. The maximum absolute atomic E-state index is 11.7. The van der Waals surface area contributed by atoms with Gasteiger partial charge in [-0.3, -0.25) is 14.9 Å². The van der Waals surface area contributed by atoms with Gasteiger partial charge in [-0.05, 0) is 48.8 Å². The Morgan fingerprint density at radius 1 is 1.40 bits per heavy atom. The van der Waals surface area contributed by atoms with Gasteiger partial charge in [0.15, 0.2) is 0 Å². The van der Waals surface area contributed by atoms with Crippen molar-refractivity contribution in [2.45, 2.75) is 32.7 Å². The van der Waals surface area contributed by atoms with E-state index < -0.39 is 4.92 Å². The molecule has 0 atom stereocenters. The quantitative estimate of drug-likeness (QED) is 0.635. The SMILES string of the molecule is CC(C)(C)NCCC(=O)Nc1ccc([N+](=O)[O-])c(Br)c1. The first-order valence-corrected chi connectivity index (χ1v) is 6.97. The third-order valence-corrected chi connectivity index (χ3v) is 3.07. The summed E-state index contributed by atoms with van der Waals surface area (Å²) in [5, 5.41) is 16.6. The molecule has 2 N–H and O–H groups in total. The van der Waals surface area contributed by atoms with Gasteiger partial charge in [-0.1, -0.05) is 0 Å². The van der Waals surface area contributed by atoms with E-state index in [9.17, 15) is 14.9 Å². The Morgan fingerprint density at radius 2 is 2.05 bits per heavy atom. The van der Waals surface area contributed by atoms with Gasteiger partial charge >= 0.3 is 0 Å². The minimum absolute atomic E-state index is 0.0302. The summed E-state index contributed by atoms with van der Waals surface area (Å²) in [5.41, 5.74) is 0.470. The van der Waals surface area contributed by atoms with E-state index in [4.69, 9.17) is 0 Å². The molecule has 0 aliphatic heterocycles. The zero-order valence-corrected chi connectivity index (χ0v) is 13.3. The maximum Gasteiger partial charge on any atom is 0.283 e. The van der Waals surface area contributed by atoms with Crippen LogP contribution in [0.2, 0.25) is 0 Å². The summed E-state index contributed by atoms with van der Waals surface area (Å²) in [6.07, 6.45) is 0.339. The molecule has 0 saturated heterocycles. The van der Waals surface area contributed by atoms with Crippen LogP contribution in [0.4, 0.5) is 11.4 Å². The molecule has 1 rings (SSSR count). The Bertz CT molecular complexity index is 512. The van der Waals surface area contributed by atoms with E-state index in [1.807, 2.05) is 20.8 Å². The third-order valence-electron chi connectivity index (χ3n) is 2.44. The first-order valence-electron chi connectivity index (χ1n) is 6.18. The van der Waals surface area contributed by atoms with Crippen molar-refractivity contribution in [3.63, 3.8) is 0 Å². The van der Waals surface area contributed by atoms with Gasteiger partial charge in [0.25, 0.3) is 5.69 Å². The second-order valence-electron chi connectivity index (χ2n) is 5.40. The van der Waals surface area contributed by atoms with E-state index in [2.05, 4.69) is 26.6 Å². The summed E-state index contributed by atoms with van der Waals surface area (Å²) >= 11 is 3.11. The van der Waals surface area contributed by atoms with Crippen LogP contribution in [-0.2, 0) is 4.79 Å². The highest BCUT2D eigenvalue weighted by Crippen LogP contribution is 2.27. The van der Waals surface area contributed by atoms with Crippen LogP contribution >= 0.6 is 15.9 Å². The molecule has 6 nitrogen and oxygen atoms in total. The van der Waals surface area contributed by atoms with Gasteiger partial charge in [0.05, 0.1) is 9.40 Å². The average Bonchev–Trinajstić information content (AvgIpc) is 2.26. The summed E-state index contributed by atoms with van der Waals surface area (Å²) in [7, 11) is 0. The Morgan fingerprint density at radius 3 is 2.55 bits per heavy atom. The van der Waals surface area contributed by atoms with Crippen LogP contribution in [0.25, 0.3) is 0 Å². The van der Waals surface area contributed by atoms with Gasteiger partial charge in [-0.25, -0.2) is 0 Å². The van der Waals surface area contributed by atoms with Crippen LogP contribution in [0.3, 0.4) is 0 Å². The number of carbonyl (C=O) groups excluding carboxylic acids is 1. The van der Waals surface area contributed by atoms with E-state index >= 15 is 0 Å². The number of benzene rings is 1. The number of amides is 1. The number of carbonyl (C=O) groups is 1. The summed E-state index contributed by atoms with van der Waals surface area (Å²) in [6, 6.07) is 4.39. The lowest BCUT2D eigenvalue weighted by Gasteiger charge is -2.20. The highest BCUT2D eigenvalue weighted by atomic mass is 79.9. The van der Waals surface area contributed by atoms with Gasteiger partial charge < -0.3 is 10.6 Å². The largest absolute Gasteiger partial charge is 0.326 e. The van der Waals surface area contributed by atoms with Gasteiger partial charge in [-0.2, -0.15) is 0 Å². The van der Waals surface area contributed by atoms with Gasteiger partial charge in [0.2, 0.25) is 5.91 Å². The van der Waals surface area contributed by atoms with Crippen molar-refractivity contribution in [1.29, 1.82) is 0 Å². The number of anilines is 1. The van der Waals surface area contributed by atoms with Crippen LogP contribution in [0.5, 0.6) is 0 Å². The Balaban J connectivity index is 2.54. The molecule has 0 aliphatic carbocycles. The van der Waals surface area contributed by atoms with Crippen molar-refractivity contribution in [3.05, 3.63) is 32.8 Å². The summed E-state index contributed by atoms with van der Waals surface area (Å²) in [6.45, 7) is 6.65. The Kier molecular flexibility index (Phi) is 5.64. The molecule has 7 heteroatoms. The maximum atomic E-state index is 11.7. The molecule has 110 valence electrons. The molecule has 0 heterocycles. The standard InChI is InChI=1S/C13H18BrN3O3/c1-13(2,3)15-7-6-12(18)16-9-4-5-11(17(19)20)10(14)8-9/h4-5,8,15H,6-7H2,1-3H3,(H,16,18). The van der Waals surface area contributed by atoms with Crippen LogP contribution < -0.4 is 10.6 Å². The summed E-state index contributed by atoms with van der Waals surface area (Å²) in [5.74, 6) is -0.137. The first kappa shape index (κ1) is 16.6. The van der Waals surface area contributed by atoms with Gasteiger partial charge in [0.1, 0.15) is 0 Å². The molecule has 1 aromatic rings. The van der Waals surface area contributed by atoms with Crippen molar-refractivity contribution in [2.75, 3.05) is 11.9 Å². The molecule has 0 unspecified atom stereocenters. The molecular formula is C13H18BrN3O3. The summed E-state index contributed by atoms with van der Waals surface area (Å²) in [4.78, 5) is 21.9. The van der Waals surface area contributed by atoms with Crippen LogP contribution in [0, 0.1) is 10.1 Å². The number of nitrogens with one attached hydrogen (secondary N) is 2. The molecular weight excluding hydrogens is 326 g/mol. The average molecular weight is 344 g/mol. The number of hydrogen-bond donors (Lipinski definition) is 2. The molecule has 0 bridgehead atoms. The summed E-state index contributed by atoms with van der Waals surface area (Å²) < 4.78 is 0.341. The predicted molar refractivity (Wildman–Crippen MR) is 81.8 cm³/mol. The van der Waals surface area contributed by atoms with Crippen molar-refractivity contribution in [1.82, 2.24) is 5.32 Å². The minimum Gasteiger partial charge on any atom is -0.326 e. The molecule has 0 aliphatic rings. The van der Waals surface area contributed by atoms with E-state index in [0.717, 1.165) is 0 Å². The Labute approximate surface area is 126 Å². The van der Waals surface area contributed by atoms with Crippen molar-refractivity contribution in [2.24, 2.45) is 0 Å². The van der Waals surface area contributed by atoms with E-state index in [1.165, 1.54) is 18.2 Å². The topological polar surface area (TPSA) is 84.3 Å². The fourth-order valence-electron chi connectivity index (χ4n) is 1.51. The molecule has 1 amide bonds. The van der Waals surface area contributed by atoms with Crippen LogP contribution in [0.1, 0.15) is 27.2 Å². The monoisotopic (exact) mass is 343 g/mol. The molecule has 0 aromatic heterocycles. The first-order chi connectivity index (χ1) is 9.19. The van der Waals surface area contributed by atoms with E-state index in [0.29, 0.717) is 23.1 Å². The van der Waals surface area contributed by atoms with Crippen molar-refractivity contribution >= 4 is 33.2 Å². The Hall–Kier alpha value is -1.47. The highest BCUT2D eigenvalue weighted by Gasteiger charge is 2.13. The number of hydrogen-bond acceptors (Lipinski definition) is 4. The number of halogens is 1. The van der Waals surface area contributed by atoms with Gasteiger partial charge in [-0.15, -0.1) is 0 Å². The second kappa shape index (κ2) is 6.81. The second-order valence-corrected chi connectivity index (χ2v) is 6.25. The number of nitro benzene ring substituents is 1.